The van der Waals surface area contributed by atoms with Crippen LogP contribution < -0.4 is 5.32 Å². The molecule has 2 atom stereocenters. The van der Waals surface area contributed by atoms with E-state index >= 15 is 0 Å². The predicted octanol–water partition coefficient (Wildman–Crippen LogP) is 2.14. The molecule has 98 valence electrons. The zero-order valence-corrected chi connectivity index (χ0v) is 11.0. The summed E-state index contributed by atoms with van der Waals surface area (Å²) in [7, 11) is 0. The van der Waals surface area contributed by atoms with Crippen molar-refractivity contribution in [2.75, 3.05) is 19.6 Å². The van der Waals surface area contributed by atoms with Crippen molar-refractivity contribution in [1.29, 1.82) is 0 Å². The molecule has 3 saturated heterocycles. The van der Waals surface area contributed by atoms with E-state index in [2.05, 4.69) is 17.1 Å². The van der Waals surface area contributed by atoms with Gasteiger partial charge in [0.15, 0.2) is 0 Å². The third-order valence-corrected chi connectivity index (χ3v) is 4.52. The SMILES string of the molecule is CC(NC1CN2CCC1CC2)c1ccccc1O. The topological polar surface area (TPSA) is 35.5 Å². The maximum atomic E-state index is 9.89. The van der Waals surface area contributed by atoms with Crippen molar-refractivity contribution in [3.05, 3.63) is 29.8 Å². The van der Waals surface area contributed by atoms with E-state index in [4.69, 9.17) is 0 Å². The minimum absolute atomic E-state index is 0.219. The second-order valence-corrected chi connectivity index (χ2v) is 5.69. The first kappa shape index (κ1) is 12.0. The monoisotopic (exact) mass is 246 g/mol. The molecule has 0 aliphatic carbocycles. The summed E-state index contributed by atoms with van der Waals surface area (Å²) in [4.78, 5) is 2.55. The van der Waals surface area contributed by atoms with Gasteiger partial charge in [-0.25, -0.2) is 0 Å². The summed E-state index contributed by atoms with van der Waals surface area (Å²) < 4.78 is 0. The van der Waals surface area contributed by atoms with Crippen LogP contribution in [0.15, 0.2) is 24.3 Å². The average Bonchev–Trinajstić information content (AvgIpc) is 2.40. The lowest BCUT2D eigenvalue weighted by Crippen LogP contribution is -2.56. The molecule has 0 aromatic heterocycles. The van der Waals surface area contributed by atoms with Gasteiger partial charge in [0, 0.05) is 24.2 Å². The molecule has 0 saturated carbocycles. The lowest BCUT2D eigenvalue weighted by molar-refractivity contribution is 0.0679. The molecule has 0 radical (unpaired) electrons. The molecule has 3 heteroatoms. The minimum atomic E-state index is 0.219. The molecule has 3 heterocycles. The highest BCUT2D eigenvalue weighted by atomic mass is 16.3. The summed E-state index contributed by atoms with van der Waals surface area (Å²) in [6, 6.07) is 8.45. The first-order chi connectivity index (χ1) is 8.74. The van der Waals surface area contributed by atoms with Gasteiger partial charge in [0.2, 0.25) is 0 Å². The zero-order valence-electron chi connectivity index (χ0n) is 11.0. The Kier molecular flexibility index (Phi) is 3.27. The van der Waals surface area contributed by atoms with Gasteiger partial charge in [0.05, 0.1) is 0 Å². The van der Waals surface area contributed by atoms with Crippen LogP contribution in [0.5, 0.6) is 5.75 Å². The van der Waals surface area contributed by atoms with E-state index < -0.39 is 0 Å². The van der Waals surface area contributed by atoms with Crippen molar-refractivity contribution in [3.8, 4) is 5.75 Å². The highest BCUT2D eigenvalue weighted by Gasteiger charge is 2.34. The molecule has 3 nitrogen and oxygen atoms in total. The van der Waals surface area contributed by atoms with Crippen LogP contribution in [0.2, 0.25) is 0 Å². The molecular formula is C15H22N2O. The van der Waals surface area contributed by atoms with Crippen LogP contribution >= 0.6 is 0 Å². The van der Waals surface area contributed by atoms with Crippen LogP contribution in [-0.4, -0.2) is 35.7 Å². The van der Waals surface area contributed by atoms with E-state index in [9.17, 15) is 5.11 Å². The molecule has 2 unspecified atom stereocenters. The van der Waals surface area contributed by atoms with Gasteiger partial charge in [0.1, 0.15) is 5.75 Å². The fourth-order valence-electron chi connectivity index (χ4n) is 3.42. The van der Waals surface area contributed by atoms with E-state index in [0.717, 1.165) is 11.5 Å². The average molecular weight is 246 g/mol. The van der Waals surface area contributed by atoms with Crippen LogP contribution in [0, 0.1) is 5.92 Å². The van der Waals surface area contributed by atoms with E-state index in [-0.39, 0.29) is 6.04 Å². The molecule has 1 aromatic carbocycles. The van der Waals surface area contributed by atoms with E-state index in [1.54, 1.807) is 6.07 Å². The van der Waals surface area contributed by atoms with Gasteiger partial charge in [-0.15, -0.1) is 0 Å². The summed E-state index contributed by atoms with van der Waals surface area (Å²) in [5.41, 5.74) is 1.01. The smallest absolute Gasteiger partial charge is 0.120 e. The molecular weight excluding hydrogens is 224 g/mol. The Morgan fingerprint density at radius 1 is 1.28 bits per heavy atom. The number of phenols is 1. The van der Waals surface area contributed by atoms with Gasteiger partial charge in [-0.2, -0.15) is 0 Å². The highest BCUT2D eigenvalue weighted by molar-refractivity contribution is 5.34. The number of rotatable bonds is 3. The fourth-order valence-corrected chi connectivity index (χ4v) is 3.42. The number of phenolic OH excluding ortho intramolecular Hbond substituents is 1. The quantitative estimate of drug-likeness (QED) is 0.857. The Hall–Kier alpha value is -1.06. The van der Waals surface area contributed by atoms with Crippen molar-refractivity contribution in [2.45, 2.75) is 31.8 Å². The Morgan fingerprint density at radius 3 is 2.61 bits per heavy atom. The van der Waals surface area contributed by atoms with Gasteiger partial charge in [0.25, 0.3) is 0 Å². The summed E-state index contributed by atoms with van der Waals surface area (Å²) >= 11 is 0. The number of nitrogens with zero attached hydrogens (tertiary/aromatic N) is 1. The first-order valence-electron chi connectivity index (χ1n) is 7.00. The summed E-state index contributed by atoms with van der Waals surface area (Å²) in [5, 5.41) is 13.6. The second kappa shape index (κ2) is 4.90. The molecule has 3 aliphatic rings. The molecule has 18 heavy (non-hydrogen) atoms. The Morgan fingerprint density at radius 2 is 2.00 bits per heavy atom. The highest BCUT2D eigenvalue weighted by Crippen LogP contribution is 2.30. The molecule has 1 aromatic rings. The Labute approximate surface area is 109 Å². The van der Waals surface area contributed by atoms with Gasteiger partial charge in [-0.1, -0.05) is 18.2 Å². The Bertz CT molecular complexity index is 413. The van der Waals surface area contributed by atoms with Gasteiger partial charge in [-0.05, 0) is 44.8 Å². The van der Waals surface area contributed by atoms with Crippen molar-refractivity contribution in [3.63, 3.8) is 0 Å². The second-order valence-electron chi connectivity index (χ2n) is 5.69. The third-order valence-electron chi connectivity index (χ3n) is 4.52. The van der Waals surface area contributed by atoms with Gasteiger partial charge < -0.3 is 15.3 Å². The molecule has 2 N–H and O–H groups in total. The number of hydrogen-bond acceptors (Lipinski definition) is 3. The number of para-hydroxylation sites is 1. The number of fused-ring (bicyclic) bond motifs is 3. The molecule has 3 aliphatic heterocycles. The van der Waals surface area contributed by atoms with Crippen molar-refractivity contribution >= 4 is 0 Å². The molecule has 4 rings (SSSR count). The van der Waals surface area contributed by atoms with Crippen LogP contribution in [0.1, 0.15) is 31.4 Å². The minimum Gasteiger partial charge on any atom is -0.508 e. The lowest BCUT2D eigenvalue weighted by atomic mass is 9.83. The molecule has 2 bridgehead atoms. The van der Waals surface area contributed by atoms with E-state index in [1.807, 2.05) is 18.2 Å². The third kappa shape index (κ3) is 2.25. The maximum Gasteiger partial charge on any atom is 0.120 e. The van der Waals surface area contributed by atoms with Gasteiger partial charge in [-0.3, -0.25) is 0 Å². The molecule has 3 fully saturated rings. The number of piperidine rings is 3. The number of nitrogens with one attached hydrogen (secondary N) is 1. The fraction of sp³-hybridized carbons (Fsp3) is 0.600. The van der Waals surface area contributed by atoms with E-state index in [1.165, 1.54) is 32.5 Å². The van der Waals surface area contributed by atoms with Gasteiger partial charge >= 0.3 is 0 Å². The van der Waals surface area contributed by atoms with Crippen LogP contribution in [0.25, 0.3) is 0 Å². The lowest BCUT2D eigenvalue weighted by Gasteiger charge is -2.46. The van der Waals surface area contributed by atoms with Crippen molar-refractivity contribution < 1.29 is 5.11 Å². The standard InChI is InChI=1S/C15H22N2O/c1-11(13-4-2-3-5-15(13)18)16-14-10-17-8-6-12(14)7-9-17/h2-5,11-12,14,16,18H,6-10H2,1H3. The van der Waals surface area contributed by atoms with Crippen molar-refractivity contribution in [1.82, 2.24) is 10.2 Å². The predicted molar refractivity (Wildman–Crippen MR) is 72.6 cm³/mol. The first-order valence-corrected chi connectivity index (χ1v) is 7.00. The summed E-state index contributed by atoms with van der Waals surface area (Å²) in [5.74, 6) is 1.22. The summed E-state index contributed by atoms with van der Waals surface area (Å²) in [6.07, 6.45) is 2.65. The van der Waals surface area contributed by atoms with Crippen LogP contribution in [0.3, 0.4) is 0 Å². The van der Waals surface area contributed by atoms with Crippen LogP contribution in [0.4, 0.5) is 0 Å². The maximum absolute atomic E-state index is 9.89. The number of aromatic hydroxyl groups is 1. The summed E-state index contributed by atoms with van der Waals surface area (Å²) in [6.45, 7) is 5.86. The normalized spacial score (nSPS) is 32.4. The molecule has 0 amide bonds. The van der Waals surface area contributed by atoms with Crippen molar-refractivity contribution in [2.24, 2.45) is 5.92 Å². The molecule has 0 spiro atoms. The van der Waals surface area contributed by atoms with Crippen LogP contribution in [-0.2, 0) is 0 Å². The largest absolute Gasteiger partial charge is 0.508 e. The number of benzene rings is 1. The number of hydrogen-bond donors (Lipinski definition) is 2. The zero-order chi connectivity index (χ0) is 12.5. The Balaban J connectivity index is 1.68. The van der Waals surface area contributed by atoms with E-state index in [0.29, 0.717) is 11.8 Å².